The Hall–Kier alpha value is -5.48. The van der Waals surface area contributed by atoms with Crippen molar-refractivity contribution in [3.8, 4) is 17.2 Å². The van der Waals surface area contributed by atoms with Crippen LogP contribution < -0.4 is 4.74 Å². The lowest BCUT2D eigenvalue weighted by molar-refractivity contribution is 0.423. The summed E-state index contributed by atoms with van der Waals surface area (Å²) in [6.07, 6.45) is 0. The van der Waals surface area contributed by atoms with E-state index in [-0.39, 0.29) is 5.41 Å². The molecule has 0 amide bonds. The quantitative estimate of drug-likeness (QED) is 0.197. The van der Waals surface area contributed by atoms with Crippen molar-refractivity contribution in [1.82, 2.24) is 9.13 Å². The molecular weight excluding hydrogens is 540 g/mol. The second-order valence-corrected chi connectivity index (χ2v) is 12.6. The number of fused-ring (bicyclic) bond motifs is 13. The van der Waals surface area contributed by atoms with Crippen molar-refractivity contribution in [2.45, 2.75) is 19.3 Å². The van der Waals surface area contributed by atoms with E-state index in [1.54, 1.807) is 0 Å². The van der Waals surface area contributed by atoms with Crippen LogP contribution in [0.1, 0.15) is 25.0 Å². The van der Waals surface area contributed by atoms with E-state index in [0.29, 0.717) is 0 Å². The van der Waals surface area contributed by atoms with Crippen molar-refractivity contribution in [1.29, 1.82) is 0 Å². The molecule has 1 aliphatic heterocycles. The van der Waals surface area contributed by atoms with Crippen molar-refractivity contribution in [2.75, 3.05) is 0 Å². The smallest absolute Gasteiger partial charge is 0.155 e. The highest BCUT2D eigenvalue weighted by Gasteiger charge is 2.39. The Bertz CT molecular complexity index is 2680. The van der Waals surface area contributed by atoms with E-state index in [9.17, 15) is 0 Å². The number of para-hydroxylation sites is 3. The fourth-order valence-corrected chi connectivity index (χ4v) is 7.93. The molecule has 3 aromatic heterocycles. The first kappa shape index (κ1) is 24.0. The summed E-state index contributed by atoms with van der Waals surface area (Å²) >= 11 is 0. The molecule has 10 rings (SSSR count). The Morgan fingerprint density at radius 3 is 2.07 bits per heavy atom. The van der Waals surface area contributed by atoms with Crippen molar-refractivity contribution in [2.24, 2.45) is 7.05 Å². The second kappa shape index (κ2) is 8.12. The average molecular weight is 569 g/mol. The number of ether oxygens (including phenoxy) is 1. The highest BCUT2D eigenvalue weighted by molar-refractivity contribution is 6.14. The van der Waals surface area contributed by atoms with Crippen LogP contribution in [0.15, 0.2) is 120 Å². The van der Waals surface area contributed by atoms with E-state index in [4.69, 9.17) is 9.15 Å². The van der Waals surface area contributed by atoms with Gasteiger partial charge < -0.3 is 18.3 Å². The summed E-state index contributed by atoms with van der Waals surface area (Å²) < 4.78 is 17.9. The van der Waals surface area contributed by atoms with Crippen LogP contribution in [0.2, 0.25) is 0 Å². The Labute approximate surface area is 253 Å². The summed E-state index contributed by atoms with van der Waals surface area (Å²) in [6, 6.07) is 41.1. The molecule has 0 atom stereocenters. The number of hydrogen-bond acceptors (Lipinski definition) is 2. The Morgan fingerprint density at radius 1 is 0.568 bits per heavy atom. The predicted molar refractivity (Wildman–Crippen MR) is 181 cm³/mol. The van der Waals surface area contributed by atoms with Crippen LogP contribution in [0.4, 0.5) is 0 Å². The standard InChI is InChI=1S/C40H28N2O2/c1-40(2)30-19-17-28-24-10-4-7-13-31(24)41(3)38(28)39(30)44-35-21-18-27-25-11-5-8-14-32(25)42(37(27)36(35)40)23-16-20-34-29(22-23)26-12-6-9-15-33(26)43-34/h4-22H,1-3H3. The molecule has 0 saturated heterocycles. The van der Waals surface area contributed by atoms with Gasteiger partial charge in [-0.1, -0.05) is 80.6 Å². The maximum atomic E-state index is 7.00. The molecule has 0 spiro atoms. The van der Waals surface area contributed by atoms with Gasteiger partial charge in [0.25, 0.3) is 0 Å². The molecule has 0 fully saturated rings. The number of rotatable bonds is 1. The minimum absolute atomic E-state index is 0.328. The number of aromatic nitrogens is 2. The number of hydrogen-bond donors (Lipinski definition) is 0. The van der Waals surface area contributed by atoms with E-state index >= 15 is 0 Å². The Morgan fingerprint density at radius 2 is 1.23 bits per heavy atom. The molecule has 0 bridgehead atoms. The SMILES string of the molecule is Cn1c2ccccc2c2ccc3c(c21)Oc1ccc2c4ccccc4n(-c4ccc5oc6ccccc6c5c4)c2c1C3(C)C. The minimum Gasteiger partial charge on any atom is -0.456 e. The first-order valence-corrected chi connectivity index (χ1v) is 15.2. The molecule has 4 nitrogen and oxygen atoms in total. The van der Waals surface area contributed by atoms with E-state index in [1.807, 2.05) is 12.1 Å². The molecule has 0 saturated carbocycles. The molecule has 0 radical (unpaired) electrons. The molecule has 0 N–H and O–H groups in total. The maximum Gasteiger partial charge on any atom is 0.155 e. The van der Waals surface area contributed by atoms with Gasteiger partial charge in [-0.3, -0.25) is 0 Å². The molecule has 0 aliphatic carbocycles. The summed E-state index contributed by atoms with van der Waals surface area (Å²) in [6.45, 7) is 4.69. The number of furan rings is 1. The van der Waals surface area contributed by atoms with Gasteiger partial charge in [0.05, 0.1) is 16.6 Å². The van der Waals surface area contributed by atoms with Gasteiger partial charge in [0.15, 0.2) is 5.75 Å². The molecule has 44 heavy (non-hydrogen) atoms. The number of aryl methyl sites for hydroxylation is 1. The largest absolute Gasteiger partial charge is 0.456 e. The van der Waals surface area contributed by atoms with Crippen LogP contribution in [-0.2, 0) is 12.5 Å². The van der Waals surface area contributed by atoms with Crippen LogP contribution in [0.25, 0.3) is 71.2 Å². The number of nitrogens with zero attached hydrogens (tertiary/aromatic N) is 2. The van der Waals surface area contributed by atoms with Gasteiger partial charge in [0.1, 0.15) is 16.9 Å². The van der Waals surface area contributed by atoms with E-state index < -0.39 is 0 Å². The summed E-state index contributed by atoms with van der Waals surface area (Å²) in [4.78, 5) is 0. The van der Waals surface area contributed by atoms with E-state index in [1.165, 1.54) is 49.2 Å². The highest BCUT2D eigenvalue weighted by atomic mass is 16.5. The van der Waals surface area contributed by atoms with Crippen LogP contribution in [0, 0.1) is 0 Å². The van der Waals surface area contributed by atoms with Crippen molar-refractivity contribution in [3.63, 3.8) is 0 Å². The third kappa shape index (κ3) is 2.88. The normalized spacial score (nSPS) is 14.2. The molecule has 210 valence electrons. The average Bonchev–Trinajstić information content (AvgIpc) is 3.68. The fourth-order valence-electron chi connectivity index (χ4n) is 7.93. The lowest BCUT2D eigenvalue weighted by atomic mass is 9.74. The summed E-state index contributed by atoms with van der Waals surface area (Å²) in [5, 5.41) is 7.17. The van der Waals surface area contributed by atoms with E-state index in [2.05, 4.69) is 133 Å². The zero-order valence-corrected chi connectivity index (χ0v) is 24.7. The van der Waals surface area contributed by atoms with Crippen molar-refractivity contribution >= 4 is 65.6 Å². The monoisotopic (exact) mass is 568 g/mol. The zero-order chi connectivity index (χ0) is 29.3. The van der Waals surface area contributed by atoms with Crippen LogP contribution in [0.5, 0.6) is 11.5 Å². The summed E-state index contributed by atoms with van der Waals surface area (Å²) in [5.41, 5.74) is 9.69. The lowest BCUT2D eigenvalue weighted by Crippen LogP contribution is -2.25. The molecule has 9 aromatic rings. The van der Waals surface area contributed by atoms with Gasteiger partial charge in [-0.15, -0.1) is 0 Å². The molecular formula is C40H28N2O2. The van der Waals surface area contributed by atoms with Crippen LogP contribution >= 0.6 is 0 Å². The Kier molecular flexibility index (Phi) is 4.43. The molecule has 4 heterocycles. The van der Waals surface area contributed by atoms with Gasteiger partial charge in [0, 0.05) is 67.1 Å². The molecule has 6 aromatic carbocycles. The molecule has 1 aliphatic rings. The summed E-state index contributed by atoms with van der Waals surface area (Å²) in [5.74, 6) is 1.86. The zero-order valence-electron chi connectivity index (χ0n) is 24.7. The topological polar surface area (TPSA) is 32.2 Å². The summed E-state index contributed by atoms with van der Waals surface area (Å²) in [7, 11) is 2.15. The maximum absolute atomic E-state index is 7.00. The third-order valence-electron chi connectivity index (χ3n) is 9.95. The van der Waals surface area contributed by atoms with Gasteiger partial charge in [0.2, 0.25) is 0 Å². The highest BCUT2D eigenvalue weighted by Crippen LogP contribution is 2.54. The molecule has 4 heteroatoms. The van der Waals surface area contributed by atoms with Gasteiger partial charge in [-0.25, -0.2) is 0 Å². The minimum atomic E-state index is -0.328. The predicted octanol–water partition coefficient (Wildman–Crippen LogP) is 10.8. The van der Waals surface area contributed by atoms with Crippen molar-refractivity contribution in [3.05, 3.63) is 126 Å². The lowest BCUT2D eigenvalue weighted by Gasteiger charge is -2.36. The Balaban J connectivity index is 1.30. The number of benzene rings is 6. The van der Waals surface area contributed by atoms with Gasteiger partial charge in [-0.2, -0.15) is 0 Å². The van der Waals surface area contributed by atoms with Crippen molar-refractivity contribution < 1.29 is 9.15 Å². The van der Waals surface area contributed by atoms with Crippen LogP contribution in [-0.4, -0.2) is 9.13 Å². The van der Waals surface area contributed by atoms with Gasteiger partial charge in [-0.05, 0) is 48.5 Å². The fraction of sp³-hybridized carbons (Fsp3) is 0.100. The first-order chi connectivity index (χ1) is 21.5. The second-order valence-electron chi connectivity index (χ2n) is 12.6. The van der Waals surface area contributed by atoms with Gasteiger partial charge >= 0.3 is 0 Å². The molecule has 0 unspecified atom stereocenters. The first-order valence-electron chi connectivity index (χ1n) is 15.2. The third-order valence-corrected chi connectivity index (χ3v) is 9.95. The van der Waals surface area contributed by atoms with Crippen LogP contribution in [0.3, 0.4) is 0 Å². The van der Waals surface area contributed by atoms with E-state index in [0.717, 1.165) is 44.6 Å².